The molecule has 0 aromatic heterocycles. The van der Waals surface area contributed by atoms with Crippen molar-refractivity contribution in [3.63, 3.8) is 0 Å². The number of benzene rings is 1. The number of hydrogen-bond donors (Lipinski definition) is 1. The van der Waals surface area contributed by atoms with Crippen molar-refractivity contribution in [1.29, 1.82) is 0 Å². The minimum Gasteiger partial charge on any atom is -0.396 e. The lowest BCUT2D eigenvalue weighted by Crippen LogP contribution is -2.35. The summed E-state index contributed by atoms with van der Waals surface area (Å²) in [4.78, 5) is 2.59. The molecule has 2 nitrogen and oxygen atoms in total. The summed E-state index contributed by atoms with van der Waals surface area (Å²) in [6, 6.07) is 10.7. The van der Waals surface area contributed by atoms with E-state index in [1.54, 1.807) is 0 Å². The Bertz CT molecular complexity index is 364. The third-order valence-corrected chi connectivity index (χ3v) is 4.53. The molecular formula is C15H21NO. The van der Waals surface area contributed by atoms with Crippen LogP contribution >= 0.6 is 0 Å². The van der Waals surface area contributed by atoms with Crippen LogP contribution in [0, 0.1) is 17.8 Å². The number of rotatable bonds is 4. The van der Waals surface area contributed by atoms with Crippen LogP contribution in [0.4, 0.5) is 0 Å². The Morgan fingerprint density at radius 3 is 2.76 bits per heavy atom. The first-order valence-corrected chi connectivity index (χ1v) is 6.74. The molecule has 1 saturated heterocycles. The largest absolute Gasteiger partial charge is 0.396 e. The summed E-state index contributed by atoms with van der Waals surface area (Å²) < 4.78 is 0. The second-order valence-corrected chi connectivity index (χ2v) is 5.61. The summed E-state index contributed by atoms with van der Waals surface area (Å²) in [5.41, 5.74) is 1.42. The molecule has 3 rings (SSSR count). The molecule has 2 aliphatic rings. The standard InChI is InChI=1S/C15H21NO/c17-7-6-13-8-14-10-16(11-15(13)14)9-12-4-2-1-3-5-12/h1-5,13-15,17H,6-11H2. The van der Waals surface area contributed by atoms with Gasteiger partial charge in [-0.2, -0.15) is 0 Å². The molecule has 0 radical (unpaired) electrons. The van der Waals surface area contributed by atoms with Crippen molar-refractivity contribution in [3.8, 4) is 0 Å². The fraction of sp³-hybridized carbons (Fsp3) is 0.600. The van der Waals surface area contributed by atoms with Gasteiger partial charge in [-0.3, -0.25) is 4.90 Å². The van der Waals surface area contributed by atoms with Crippen molar-refractivity contribution in [3.05, 3.63) is 35.9 Å². The van der Waals surface area contributed by atoms with E-state index in [2.05, 4.69) is 35.2 Å². The van der Waals surface area contributed by atoms with Gasteiger partial charge in [0, 0.05) is 26.2 Å². The van der Waals surface area contributed by atoms with Crippen molar-refractivity contribution in [2.45, 2.75) is 19.4 Å². The van der Waals surface area contributed by atoms with Gasteiger partial charge in [0.1, 0.15) is 0 Å². The molecule has 1 saturated carbocycles. The number of likely N-dealkylation sites (tertiary alicyclic amines) is 1. The van der Waals surface area contributed by atoms with Crippen molar-refractivity contribution in [2.24, 2.45) is 17.8 Å². The van der Waals surface area contributed by atoms with Gasteiger partial charge in [-0.1, -0.05) is 30.3 Å². The van der Waals surface area contributed by atoms with Crippen LogP contribution in [0.25, 0.3) is 0 Å². The molecule has 1 aromatic rings. The van der Waals surface area contributed by atoms with Crippen LogP contribution in [0.5, 0.6) is 0 Å². The molecule has 1 aliphatic heterocycles. The van der Waals surface area contributed by atoms with Gasteiger partial charge in [-0.25, -0.2) is 0 Å². The summed E-state index contributed by atoms with van der Waals surface area (Å²) in [6.45, 7) is 3.97. The Balaban J connectivity index is 1.55. The van der Waals surface area contributed by atoms with Crippen LogP contribution in [0.1, 0.15) is 18.4 Å². The Hall–Kier alpha value is -0.860. The molecule has 3 unspecified atom stereocenters. The summed E-state index contributed by atoms with van der Waals surface area (Å²) in [6.07, 6.45) is 2.36. The Morgan fingerprint density at radius 2 is 2.00 bits per heavy atom. The highest BCUT2D eigenvalue weighted by molar-refractivity contribution is 5.15. The Morgan fingerprint density at radius 1 is 1.18 bits per heavy atom. The third-order valence-electron chi connectivity index (χ3n) is 4.53. The Kier molecular flexibility index (Phi) is 3.17. The number of fused-ring (bicyclic) bond motifs is 1. The average Bonchev–Trinajstić information content (AvgIpc) is 2.65. The normalized spacial score (nSPS) is 32.2. The van der Waals surface area contributed by atoms with E-state index in [1.165, 1.54) is 25.1 Å². The molecular weight excluding hydrogens is 210 g/mol. The van der Waals surface area contributed by atoms with Crippen LogP contribution in [0.2, 0.25) is 0 Å². The summed E-state index contributed by atoms with van der Waals surface area (Å²) in [5.74, 6) is 2.58. The SMILES string of the molecule is OCCC1CC2CN(Cc3ccccc3)CC12. The van der Waals surface area contributed by atoms with E-state index in [9.17, 15) is 0 Å². The molecule has 2 fully saturated rings. The van der Waals surface area contributed by atoms with Crippen molar-refractivity contribution < 1.29 is 5.11 Å². The monoisotopic (exact) mass is 231 g/mol. The van der Waals surface area contributed by atoms with Crippen molar-refractivity contribution in [1.82, 2.24) is 4.90 Å². The second-order valence-electron chi connectivity index (χ2n) is 5.61. The van der Waals surface area contributed by atoms with Gasteiger partial charge in [-0.15, -0.1) is 0 Å². The molecule has 1 heterocycles. The molecule has 0 spiro atoms. The smallest absolute Gasteiger partial charge is 0.0433 e. The van der Waals surface area contributed by atoms with Gasteiger partial charge in [0.05, 0.1) is 0 Å². The predicted octanol–water partition coefficient (Wildman–Crippen LogP) is 2.14. The highest BCUT2D eigenvalue weighted by atomic mass is 16.3. The van der Waals surface area contributed by atoms with E-state index in [1.807, 2.05) is 0 Å². The molecule has 3 atom stereocenters. The fourth-order valence-electron chi connectivity index (χ4n) is 3.61. The molecule has 17 heavy (non-hydrogen) atoms. The lowest BCUT2D eigenvalue weighted by Gasteiger charge is -2.39. The summed E-state index contributed by atoms with van der Waals surface area (Å²) in [7, 11) is 0. The van der Waals surface area contributed by atoms with E-state index in [0.29, 0.717) is 6.61 Å². The second kappa shape index (κ2) is 4.79. The lowest BCUT2D eigenvalue weighted by atomic mass is 9.65. The van der Waals surface area contributed by atoms with Crippen molar-refractivity contribution >= 4 is 0 Å². The average molecular weight is 231 g/mol. The minimum atomic E-state index is 0.368. The zero-order valence-corrected chi connectivity index (χ0v) is 10.3. The van der Waals surface area contributed by atoms with E-state index >= 15 is 0 Å². The zero-order valence-electron chi connectivity index (χ0n) is 10.3. The van der Waals surface area contributed by atoms with Crippen molar-refractivity contribution in [2.75, 3.05) is 19.7 Å². The van der Waals surface area contributed by atoms with Crippen LogP contribution in [0.3, 0.4) is 0 Å². The van der Waals surface area contributed by atoms with Crippen LogP contribution in [0.15, 0.2) is 30.3 Å². The molecule has 92 valence electrons. The van der Waals surface area contributed by atoms with Crippen LogP contribution in [-0.2, 0) is 6.54 Å². The molecule has 1 N–H and O–H groups in total. The lowest BCUT2D eigenvalue weighted by molar-refractivity contribution is 0.0903. The van der Waals surface area contributed by atoms with Gasteiger partial charge in [0.25, 0.3) is 0 Å². The van der Waals surface area contributed by atoms with Crippen LogP contribution < -0.4 is 0 Å². The highest BCUT2D eigenvalue weighted by Gasteiger charge is 2.45. The van der Waals surface area contributed by atoms with E-state index in [4.69, 9.17) is 5.11 Å². The zero-order chi connectivity index (χ0) is 11.7. The van der Waals surface area contributed by atoms with E-state index in [0.717, 1.165) is 30.7 Å². The van der Waals surface area contributed by atoms with E-state index in [-0.39, 0.29) is 0 Å². The van der Waals surface area contributed by atoms with Gasteiger partial charge >= 0.3 is 0 Å². The predicted molar refractivity (Wildman–Crippen MR) is 68.5 cm³/mol. The van der Waals surface area contributed by atoms with Gasteiger partial charge < -0.3 is 5.11 Å². The first kappa shape index (κ1) is 11.2. The number of aliphatic hydroxyl groups is 1. The maximum atomic E-state index is 9.01. The first-order chi connectivity index (χ1) is 8.36. The highest BCUT2D eigenvalue weighted by Crippen LogP contribution is 2.47. The molecule has 0 amide bonds. The summed E-state index contributed by atoms with van der Waals surface area (Å²) >= 11 is 0. The number of nitrogens with zero attached hydrogens (tertiary/aromatic N) is 1. The molecule has 1 aliphatic carbocycles. The topological polar surface area (TPSA) is 23.5 Å². The number of aliphatic hydroxyl groups excluding tert-OH is 1. The maximum absolute atomic E-state index is 9.01. The molecule has 0 bridgehead atoms. The Labute approximate surface area is 103 Å². The van der Waals surface area contributed by atoms with Gasteiger partial charge in [0.15, 0.2) is 0 Å². The fourth-order valence-corrected chi connectivity index (χ4v) is 3.61. The van der Waals surface area contributed by atoms with Gasteiger partial charge in [-0.05, 0) is 36.2 Å². The van der Waals surface area contributed by atoms with Gasteiger partial charge in [0.2, 0.25) is 0 Å². The first-order valence-electron chi connectivity index (χ1n) is 6.74. The number of hydrogen-bond acceptors (Lipinski definition) is 2. The van der Waals surface area contributed by atoms with Crippen LogP contribution in [-0.4, -0.2) is 29.7 Å². The minimum absolute atomic E-state index is 0.368. The van der Waals surface area contributed by atoms with E-state index < -0.39 is 0 Å². The molecule has 1 aromatic carbocycles. The molecule has 2 heteroatoms. The summed E-state index contributed by atoms with van der Waals surface area (Å²) in [5, 5.41) is 9.01. The third kappa shape index (κ3) is 2.24. The quantitative estimate of drug-likeness (QED) is 0.858. The maximum Gasteiger partial charge on any atom is 0.0433 e.